The molecule has 0 saturated carbocycles. The molecule has 1 heterocycles. The van der Waals surface area contributed by atoms with Crippen LogP contribution in [0.1, 0.15) is 0 Å². The molecule has 0 amide bonds. The van der Waals surface area contributed by atoms with Gasteiger partial charge in [-0.25, -0.2) is 4.85 Å². The van der Waals surface area contributed by atoms with Crippen molar-refractivity contribution in [3.05, 3.63) is 248 Å². The Hall–Kier alpha value is -7.39. The third kappa shape index (κ3) is 6.41. The first-order valence-electron chi connectivity index (χ1n) is 20.0. The summed E-state index contributed by atoms with van der Waals surface area (Å²) in [4.78, 5) is 5.96. The first-order valence-corrected chi connectivity index (χ1v) is 24.2. The van der Waals surface area contributed by atoms with Crippen LogP contribution in [0.4, 0.5) is 22.7 Å². The van der Waals surface area contributed by atoms with Crippen LogP contribution in [0.15, 0.2) is 237 Å². The van der Waals surface area contributed by atoms with Crippen LogP contribution in [-0.2, 0) is 0 Å². The summed E-state index contributed by atoms with van der Waals surface area (Å²) in [7, 11) is 0. The number of hydrogen-bond acceptors (Lipinski definition) is 1. The van der Waals surface area contributed by atoms with E-state index in [-0.39, 0.29) is 0 Å². The summed E-state index contributed by atoms with van der Waals surface area (Å²) in [5.74, 6) is 0. The Bertz CT molecular complexity index is 2970. The molecular weight excluding hydrogens is 775 g/mol. The van der Waals surface area contributed by atoms with Crippen molar-refractivity contribution in [2.24, 2.45) is 0 Å². The van der Waals surface area contributed by atoms with E-state index in [1.165, 1.54) is 39.4 Å². The standard InChI is InChI=1S/C55H39GeN3/c1-57-47-32-36-50(37-33-47)58(51-38-39-55-53(40-51)52-24-14-15-25-54(52)59(55)48-22-12-5-13-23-48)49-34-28-42(29-35-49)41-26-30-46(31-27-41)56(43-16-6-2-7-17-43,44-18-8-3-9-19-44)45-20-10-4-11-21-45/h2-40H. The summed E-state index contributed by atoms with van der Waals surface area (Å²) >= 11 is -3.35. The van der Waals surface area contributed by atoms with E-state index >= 15 is 0 Å². The molecule has 9 aromatic carbocycles. The van der Waals surface area contributed by atoms with E-state index in [1.807, 2.05) is 24.3 Å². The van der Waals surface area contributed by atoms with Gasteiger partial charge in [0.15, 0.2) is 5.69 Å². The average molecular weight is 815 g/mol. The van der Waals surface area contributed by atoms with E-state index in [9.17, 15) is 0 Å². The fraction of sp³-hybridized carbons (Fsp3) is 0. The van der Waals surface area contributed by atoms with Crippen molar-refractivity contribution in [1.29, 1.82) is 0 Å². The Morgan fingerprint density at radius 3 is 1.34 bits per heavy atom. The molecule has 0 spiro atoms. The SMILES string of the molecule is [C-]#[N+]c1ccc(N(c2ccc(-c3cc[c]([Ge]([c]4ccccc4)([c]4ccccc4)[c]4ccccc4)cc3)cc2)c2ccc3c(c2)c2ccccc2n3-c2ccccc2)cc1. The third-order valence-corrected chi connectivity index (χ3v) is 21.6. The van der Waals surface area contributed by atoms with Crippen molar-refractivity contribution in [3.8, 4) is 16.8 Å². The van der Waals surface area contributed by atoms with Crippen LogP contribution in [0, 0.1) is 6.57 Å². The van der Waals surface area contributed by atoms with Gasteiger partial charge in [0.05, 0.1) is 17.6 Å². The van der Waals surface area contributed by atoms with Crippen molar-refractivity contribution in [3.63, 3.8) is 0 Å². The van der Waals surface area contributed by atoms with Gasteiger partial charge >= 0.3 is 251 Å². The summed E-state index contributed by atoms with van der Waals surface area (Å²) in [5.41, 5.74) is 9.49. The maximum atomic E-state index is 7.59. The molecular formula is C55H39GeN3. The molecule has 0 aliphatic rings. The number of para-hydroxylation sites is 2. The van der Waals surface area contributed by atoms with Crippen LogP contribution in [0.2, 0.25) is 0 Å². The van der Waals surface area contributed by atoms with Gasteiger partial charge in [-0.15, -0.1) is 0 Å². The molecule has 0 aliphatic heterocycles. The summed E-state index contributed by atoms with van der Waals surface area (Å²) in [6.07, 6.45) is 0. The van der Waals surface area contributed by atoms with Crippen LogP contribution in [-0.4, -0.2) is 17.8 Å². The molecule has 278 valence electrons. The van der Waals surface area contributed by atoms with Crippen molar-refractivity contribution >= 4 is 75.4 Å². The Labute approximate surface area is 347 Å². The zero-order chi connectivity index (χ0) is 39.6. The second-order valence-electron chi connectivity index (χ2n) is 14.8. The molecule has 0 atom stereocenters. The van der Waals surface area contributed by atoms with Crippen molar-refractivity contribution in [1.82, 2.24) is 4.57 Å². The first kappa shape index (κ1) is 36.0. The quantitative estimate of drug-likeness (QED) is 0.104. The minimum absolute atomic E-state index is 0.619. The molecule has 0 fully saturated rings. The van der Waals surface area contributed by atoms with E-state index in [0.717, 1.165) is 33.8 Å². The Morgan fingerprint density at radius 2 is 0.797 bits per heavy atom. The topological polar surface area (TPSA) is 12.5 Å². The number of fused-ring (bicyclic) bond motifs is 3. The minimum atomic E-state index is -3.35. The number of rotatable bonds is 9. The number of hydrogen-bond donors (Lipinski definition) is 0. The number of benzene rings is 9. The van der Waals surface area contributed by atoms with Crippen LogP contribution in [0.3, 0.4) is 0 Å². The molecule has 0 N–H and O–H groups in total. The van der Waals surface area contributed by atoms with Gasteiger partial charge in [0.1, 0.15) is 0 Å². The van der Waals surface area contributed by atoms with Crippen molar-refractivity contribution in [2.45, 2.75) is 0 Å². The summed E-state index contributed by atoms with van der Waals surface area (Å²) < 4.78 is 7.97. The molecule has 0 bridgehead atoms. The van der Waals surface area contributed by atoms with Crippen LogP contribution in [0.25, 0.3) is 43.5 Å². The Morgan fingerprint density at radius 1 is 0.373 bits per heavy atom. The molecule has 10 rings (SSSR count). The summed E-state index contributed by atoms with van der Waals surface area (Å²) in [6, 6.07) is 85.5. The van der Waals surface area contributed by atoms with Crippen molar-refractivity contribution < 1.29 is 0 Å². The molecule has 59 heavy (non-hydrogen) atoms. The Balaban J connectivity index is 1.06. The molecule has 1 aromatic heterocycles. The first-order chi connectivity index (χ1) is 29.2. The van der Waals surface area contributed by atoms with Crippen LogP contribution in [0.5, 0.6) is 0 Å². The number of anilines is 3. The molecule has 0 aliphatic carbocycles. The normalized spacial score (nSPS) is 11.4. The van der Waals surface area contributed by atoms with Gasteiger partial charge in [0.25, 0.3) is 0 Å². The molecule has 3 nitrogen and oxygen atoms in total. The van der Waals surface area contributed by atoms with Crippen LogP contribution < -0.4 is 22.5 Å². The molecule has 4 heteroatoms. The predicted octanol–water partition coefficient (Wildman–Crippen LogP) is 11.8. The van der Waals surface area contributed by atoms with E-state index in [1.54, 1.807) is 0 Å². The molecule has 0 unspecified atom stereocenters. The fourth-order valence-electron chi connectivity index (χ4n) is 8.86. The predicted molar refractivity (Wildman–Crippen MR) is 251 cm³/mol. The van der Waals surface area contributed by atoms with Crippen molar-refractivity contribution in [2.75, 3.05) is 4.90 Å². The monoisotopic (exact) mass is 815 g/mol. The van der Waals surface area contributed by atoms with Gasteiger partial charge in [-0.05, 0) is 18.2 Å². The van der Waals surface area contributed by atoms with Gasteiger partial charge in [-0.2, -0.15) is 0 Å². The zero-order valence-electron chi connectivity index (χ0n) is 32.4. The number of nitrogens with zero attached hydrogens (tertiary/aromatic N) is 3. The number of aromatic nitrogens is 1. The van der Waals surface area contributed by atoms with Gasteiger partial charge in [0, 0.05) is 11.1 Å². The van der Waals surface area contributed by atoms with Crippen LogP contribution >= 0.6 is 0 Å². The fourth-order valence-corrected chi connectivity index (χ4v) is 18.8. The maximum absolute atomic E-state index is 7.59. The zero-order valence-corrected chi connectivity index (χ0v) is 34.5. The molecule has 0 radical (unpaired) electrons. The second-order valence-corrected chi connectivity index (χ2v) is 22.8. The van der Waals surface area contributed by atoms with Gasteiger partial charge < -0.3 is 4.57 Å². The summed E-state index contributed by atoms with van der Waals surface area (Å²) in [6.45, 7) is 7.59. The molecule has 10 aromatic rings. The Kier molecular flexibility index (Phi) is 9.46. The third-order valence-electron chi connectivity index (χ3n) is 11.6. The van der Waals surface area contributed by atoms with E-state index in [2.05, 4.69) is 227 Å². The van der Waals surface area contributed by atoms with Gasteiger partial charge in [0.2, 0.25) is 0 Å². The average Bonchev–Trinajstić information content (AvgIpc) is 3.65. The van der Waals surface area contributed by atoms with E-state index in [4.69, 9.17) is 6.57 Å². The summed E-state index contributed by atoms with van der Waals surface area (Å²) in [5, 5.41) is 2.39. The van der Waals surface area contributed by atoms with Gasteiger partial charge in [-0.1, -0.05) is 36.4 Å². The molecule has 0 saturated heterocycles. The second kappa shape index (κ2) is 15.5. The van der Waals surface area contributed by atoms with E-state index < -0.39 is 13.3 Å². The van der Waals surface area contributed by atoms with Gasteiger partial charge in [-0.3, -0.25) is 0 Å². The van der Waals surface area contributed by atoms with E-state index in [0.29, 0.717) is 5.69 Å².